The van der Waals surface area contributed by atoms with Crippen molar-refractivity contribution in [1.82, 2.24) is 10.2 Å². The van der Waals surface area contributed by atoms with E-state index in [1.165, 1.54) is 12.1 Å². The van der Waals surface area contributed by atoms with E-state index in [0.29, 0.717) is 5.92 Å². The normalized spacial score (nSPS) is 16.4. The molecule has 0 aromatic heterocycles. The van der Waals surface area contributed by atoms with Crippen LogP contribution >= 0.6 is 0 Å². The summed E-state index contributed by atoms with van der Waals surface area (Å²) >= 11 is 0. The summed E-state index contributed by atoms with van der Waals surface area (Å²) in [6.07, 6.45) is 2.61. The molecule has 1 N–H and O–H groups in total. The summed E-state index contributed by atoms with van der Waals surface area (Å²) < 4.78 is 18.3. The van der Waals surface area contributed by atoms with Crippen LogP contribution in [-0.4, -0.2) is 31.0 Å². The predicted molar refractivity (Wildman–Crippen MR) is 118 cm³/mol. The van der Waals surface area contributed by atoms with Gasteiger partial charge in [0.25, 0.3) is 0 Å². The third-order valence-corrected chi connectivity index (χ3v) is 5.82. The summed E-state index contributed by atoms with van der Waals surface area (Å²) in [7, 11) is 1.66. The Morgan fingerprint density at radius 3 is 2.30 bits per heavy atom. The van der Waals surface area contributed by atoms with Crippen molar-refractivity contribution in [1.29, 1.82) is 0 Å². The molecular formula is C25H33FN2O2. The lowest BCUT2D eigenvalue weighted by molar-refractivity contribution is -0.127. The van der Waals surface area contributed by atoms with E-state index in [0.717, 1.165) is 55.8 Å². The largest absolute Gasteiger partial charge is 0.497 e. The average molecular weight is 413 g/mol. The Morgan fingerprint density at radius 2 is 1.73 bits per heavy atom. The lowest BCUT2D eigenvalue weighted by atomic mass is 9.92. The van der Waals surface area contributed by atoms with Crippen molar-refractivity contribution in [3.8, 4) is 5.75 Å². The molecule has 1 fully saturated rings. The molecule has 1 atom stereocenters. The van der Waals surface area contributed by atoms with Crippen molar-refractivity contribution in [3.05, 3.63) is 65.5 Å². The van der Waals surface area contributed by atoms with Crippen molar-refractivity contribution in [2.75, 3.05) is 20.2 Å². The van der Waals surface area contributed by atoms with E-state index < -0.39 is 0 Å². The number of amides is 1. The average Bonchev–Trinajstić information content (AvgIpc) is 2.75. The summed E-state index contributed by atoms with van der Waals surface area (Å²) in [5.41, 5.74) is 2.22. The van der Waals surface area contributed by atoms with Crippen molar-refractivity contribution in [3.63, 3.8) is 0 Å². The maximum Gasteiger partial charge on any atom is 0.223 e. The van der Waals surface area contributed by atoms with Gasteiger partial charge in [-0.3, -0.25) is 9.69 Å². The summed E-state index contributed by atoms with van der Waals surface area (Å²) in [4.78, 5) is 15.3. The molecule has 0 bridgehead atoms. The Bertz CT molecular complexity index is 797. The van der Waals surface area contributed by atoms with Gasteiger partial charge in [-0.1, -0.05) is 38.1 Å². The highest BCUT2D eigenvalue weighted by molar-refractivity contribution is 5.79. The standard InChI is InChI=1S/C25H33FN2O2/c1-18(2)16-24(20-6-10-23(30-3)11-7-20)27-25(29)21-12-14-28(15-13-21)17-19-4-8-22(26)9-5-19/h4-11,18,21,24H,12-17H2,1-3H3,(H,27,29)/t24-/m0/s1. The Labute approximate surface area is 179 Å². The molecule has 0 saturated carbocycles. The second-order valence-corrected chi connectivity index (χ2v) is 8.64. The smallest absolute Gasteiger partial charge is 0.223 e. The van der Waals surface area contributed by atoms with Gasteiger partial charge in [-0.15, -0.1) is 0 Å². The zero-order valence-electron chi connectivity index (χ0n) is 18.2. The van der Waals surface area contributed by atoms with Crippen LogP contribution in [0.4, 0.5) is 4.39 Å². The number of hydrogen-bond donors (Lipinski definition) is 1. The van der Waals surface area contributed by atoms with Crippen LogP contribution in [0.3, 0.4) is 0 Å². The zero-order chi connectivity index (χ0) is 21.5. The molecule has 162 valence electrons. The van der Waals surface area contributed by atoms with Crippen molar-refractivity contribution >= 4 is 5.91 Å². The molecular weight excluding hydrogens is 379 g/mol. The van der Waals surface area contributed by atoms with Crippen LogP contribution in [0.25, 0.3) is 0 Å². The molecule has 2 aromatic carbocycles. The maximum atomic E-state index is 13.1. The fraction of sp³-hybridized carbons (Fsp3) is 0.480. The number of nitrogens with one attached hydrogen (secondary N) is 1. The minimum absolute atomic E-state index is 0.0145. The Kier molecular flexibility index (Phi) is 7.86. The van der Waals surface area contributed by atoms with Crippen molar-refractivity contribution in [2.45, 2.75) is 45.7 Å². The number of benzene rings is 2. The first-order valence-electron chi connectivity index (χ1n) is 10.9. The molecule has 0 radical (unpaired) electrons. The molecule has 0 aliphatic carbocycles. The second-order valence-electron chi connectivity index (χ2n) is 8.64. The van der Waals surface area contributed by atoms with Crippen molar-refractivity contribution in [2.24, 2.45) is 11.8 Å². The van der Waals surface area contributed by atoms with Crippen LogP contribution in [0.5, 0.6) is 5.75 Å². The molecule has 1 heterocycles. The van der Waals surface area contributed by atoms with E-state index in [1.54, 1.807) is 7.11 Å². The molecule has 1 aliphatic rings. The molecule has 0 spiro atoms. The van der Waals surface area contributed by atoms with Gasteiger partial charge in [0.15, 0.2) is 0 Å². The summed E-state index contributed by atoms with van der Waals surface area (Å²) in [5.74, 6) is 1.29. The van der Waals surface area contributed by atoms with Crippen LogP contribution in [0, 0.1) is 17.7 Å². The van der Waals surface area contributed by atoms with Gasteiger partial charge in [0.05, 0.1) is 13.2 Å². The number of halogens is 1. The first-order chi connectivity index (χ1) is 14.4. The highest BCUT2D eigenvalue weighted by atomic mass is 19.1. The molecule has 5 heteroatoms. The molecule has 3 rings (SSSR count). The summed E-state index contributed by atoms with van der Waals surface area (Å²) in [6, 6.07) is 14.7. The van der Waals surface area contributed by atoms with E-state index in [1.807, 2.05) is 36.4 Å². The number of nitrogens with zero attached hydrogens (tertiary/aromatic N) is 1. The fourth-order valence-electron chi connectivity index (χ4n) is 4.08. The minimum atomic E-state index is -0.207. The number of methoxy groups -OCH3 is 1. The van der Waals surface area contributed by atoms with Gasteiger partial charge < -0.3 is 10.1 Å². The van der Waals surface area contributed by atoms with E-state index in [4.69, 9.17) is 4.74 Å². The number of likely N-dealkylation sites (tertiary alicyclic amines) is 1. The maximum absolute atomic E-state index is 13.1. The second kappa shape index (κ2) is 10.6. The van der Waals surface area contributed by atoms with Crippen LogP contribution in [0.2, 0.25) is 0 Å². The first kappa shape index (κ1) is 22.3. The number of carbonyl (C=O) groups excluding carboxylic acids is 1. The number of hydrogen-bond acceptors (Lipinski definition) is 3. The third kappa shape index (κ3) is 6.30. The highest BCUT2D eigenvalue weighted by Crippen LogP contribution is 2.26. The first-order valence-corrected chi connectivity index (χ1v) is 10.9. The number of ether oxygens (including phenoxy) is 1. The monoisotopic (exact) mass is 412 g/mol. The van der Waals surface area contributed by atoms with Crippen molar-refractivity contribution < 1.29 is 13.9 Å². The Hall–Kier alpha value is -2.40. The molecule has 2 aromatic rings. The fourth-order valence-corrected chi connectivity index (χ4v) is 4.08. The number of piperidine rings is 1. The molecule has 1 amide bonds. The Morgan fingerprint density at radius 1 is 1.10 bits per heavy atom. The van der Waals surface area contributed by atoms with Crippen LogP contribution in [-0.2, 0) is 11.3 Å². The lowest BCUT2D eigenvalue weighted by Crippen LogP contribution is -2.41. The summed E-state index contributed by atoms with van der Waals surface area (Å²) in [5, 5.41) is 3.30. The minimum Gasteiger partial charge on any atom is -0.497 e. The van der Waals surface area contributed by atoms with E-state index in [9.17, 15) is 9.18 Å². The van der Waals surface area contributed by atoms with Gasteiger partial charge in [-0.05, 0) is 73.7 Å². The third-order valence-electron chi connectivity index (χ3n) is 5.82. The van der Waals surface area contributed by atoms with Gasteiger partial charge in [0.2, 0.25) is 5.91 Å². The predicted octanol–water partition coefficient (Wildman–Crippen LogP) is 4.95. The van der Waals surface area contributed by atoms with Gasteiger partial charge in [-0.2, -0.15) is 0 Å². The summed E-state index contributed by atoms with van der Waals surface area (Å²) in [6.45, 7) is 6.92. The van der Waals surface area contributed by atoms with Crippen LogP contribution < -0.4 is 10.1 Å². The topological polar surface area (TPSA) is 41.6 Å². The van der Waals surface area contributed by atoms with Crippen LogP contribution in [0.15, 0.2) is 48.5 Å². The van der Waals surface area contributed by atoms with E-state index in [-0.39, 0.29) is 23.7 Å². The van der Waals surface area contributed by atoms with E-state index in [2.05, 4.69) is 24.1 Å². The molecule has 4 nitrogen and oxygen atoms in total. The SMILES string of the molecule is COc1ccc([C@H](CC(C)C)NC(=O)C2CCN(Cc3ccc(F)cc3)CC2)cc1. The Balaban J connectivity index is 1.55. The lowest BCUT2D eigenvalue weighted by Gasteiger charge is -2.32. The van der Waals surface area contributed by atoms with Gasteiger partial charge in [0, 0.05) is 12.5 Å². The quantitative estimate of drug-likeness (QED) is 0.667. The zero-order valence-corrected chi connectivity index (χ0v) is 18.2. The molecule has 1 aliphatic heterocycles. The van der Waals surface area contributed by atoms with E-state index >= 15 is 0 Å². The highest BCUT2D eigenvalue weighted by Gasteiger charge is 2.27. The molecule has 30 heavy (non-hydrogen) atoms. The number of rotatable bonds is 8. The number of carbonyl (C=O) groups is 1. The van der Waals surface area contributed by atoms with Crippen LogP contribution in [0.1, 0.15) is 50.3 Å². The molecule has 1 saturated heterocycles. The van der Waals surface area contributed by atoms with Gasteiger partial charge in [0.1, 0.15) is 11.6 Å². The molecule has 0 unspecified atom stereocenters. The van der Waals surface area contributed by atoms with Gasteiger partial charge in [-0.25, -0.2) is 4.39 Å². The van der Waals surface area contributed by atoms with Gasteiger partial charge >= 0.3 is 0 Å².